The monoisotopic (exact) mass is 229 g/mol. The Hall–Kier alpha value is -2.30. The minimum Gasteiger partial charge on any atom is -0.462 e. The highest BCUT2D eigenvalue weighted by molar-refractivity contribution is 5.90. The lowest BCUT2D eigenvalue weighted by Crippen LogP contribution is -2.06. The van der Waals surface area contributed by atoms with E-state index in [0.717, 1.165) is 5.56 Å². The number of carbonyl (C=O) groups excluding carboxylic acids is 1. The first kappa shape index (κ1) is 11.2. The quantitative estimate of drug-likeness (QED) is 0.750. The average Bonchev–Trinajstić information content (AvgIpc) is 2.40. The van der Waals surface area contributed by atoms with E-state index in [2.05, 4.69) is 15.2 Å². The average molecular weight is 229 g/mol. The van der Waals surface area contributed by atoms with E-state index >= 15 is 0 Å². The summed E-state index contributed by atoms with van der Waals surface area (Å²) in [4.78, 5) is 15.5. The van der Waals surface area contributed by atoms with Crippen LogP contribution in [-0.2, 0) is 4.74 Å². The molecule has 0 fully saturated rings. The SMILES string of the molecule is CCOC(=O)c1cnnc(-c2cccnc2)c1. The number of pyridine rings is 1. The zero-order chi connectivity index (χ0) is 12.1. The summed E-state index contributed by atoms with van der Waals surface area (Å²) in [5.41, 5.74) is 1.80. The van der Waals surface area contributed by atoms with Crippen molar-refractivity contribution < 1.29 is 9.53 Å². The Morgan fingerprint density at radius 1 is 1.41 bits per heavy atom. The van der Waals surface area contributed by atoms with Crippen LogP contribution in [0.5, 0.6) is 0 Å². The fourth-order valence-electron chi connectivity index (χ4n) is 1.35. The number of aromatic nitrogens is 3. The van der Waals surface area contributed by atoms with Gasteiger partial charge in [0.25, 0.3) is 0 Å². The molecule has 2 aromatic heterocycles. The van der Waals surface area contributed by atoms with Crippen molar-refractivity contribution in [3.8, 4) is 11.3 Å². The Balaban J connectivity index is 2.32. The summed E-state index contributed by atoms with van der Waals surface area (Å²) >= 11 is 0. The number of hydrogen-bond acceptors (Lipinski definition) is 5. The molecule has 0 atom stereocenters. The second-order valence-corrected chi connectivity index (χ2v) is 3.29. The first-order valence-corrected chi connectivity index (χ1v) is 5.21. The Morgan fingerprint density at radius 3 is 3.00 bits per heavy atom. The Bertz CT molecular complexity index is 514. The van der Waals surface area contributed by atoms with Crippen LogP contribution in [0, 0.1) is 0 Å². The van der Waals surface area contributed by atoms with Crippen LogP contribution in [0.15, 0.2) is 36.8 Å². The molecule has 0 amide bonds. The third-order valence-electron chi connectivity index (χ3n) is 2.12. The molecule has 0 radical (unpaired) electrons. The van der Waals surface area contributed by atoms with E-state index in [0.29, 0.717) is 17.9 Å². The molecule has 17 heavy (non-hydrogen) atoms. The molecule has 5 nitrogen and oxygen atoms in total. The summed E-state index contributed by atoms with van der Waals surface area (Å²) in [6.45, 7) is 2.10. The van der Waals surface area contributed by atoms with Crippen LogP contribution >= 0.6 is 0 Å². The zero-order valence-electron chi connectivity index (χ0n) is 9.33. The topological polar surface area (TPSA) is 65.0 Å². The van der Waals surface area contributed by atoms with Crippen molar-refractivity contribution in [3.05, 3.63) is 42.4 Å². The van der Waals surface area contributed by atoms with Gasteiger partial charge in [0.1, 0.15) is 0 Å². The smallest absolute Gasteiger partial charge is 0.339 e. The molecule has 0 unspecified atom stereocenters. The highest BCUT2D eigenvalue weighted by atomic mass is 16.5. The molecule has 0 saturated carbocycles. The van der Waals surface area contributed by atoms with Gasteiger partial charge in [0.05, 0.1) is 24.1 Å². The third-order valence-corrected chi connectivity index (χ3v) is 2.12. The molecule has 86 valence electrons. The van der Waals surface area contributed by atoms with Crippen molar-refractivity contribution in [3.63, 3.8) is 0 Å². The molecule has 2 heterocycles. The van der Waals surface area contributed by atoms with E-state index in [-0.39, 0.29) is 0 Å². The van der Waals surface area contributed by atoms with Crippen LogP contribution in [0.1, 0.15) is 17.3 Å². The molecule has 0 aromatic carbocycles. The normalized spacial score (nSPS) is 9.94. The molecule has 2 rings (SSSR count). The number of hydrogen-bond donors (Lipinski definition) is 0. The maximum atomic E-state index is 11.5. The summed E-state index contributed by atoms with van der Waals surface area (Å²) in [5, 5.41) is 7.74. The van der Waals surface area contributed by atoms with Gasteiger partial charge in [-0.3, -0.25) is 4.98 Å². The van der Waals surface area contributed by atoms with Crippen molar-refractivity contribution in [2.75, 3.05) is 6.61 Å². The van der Waals surface area contributed by atoms with Gasteiger partial charge in [0.2, 0.25) is 0 Å². The summed E-state index contributed by atoms with van der Waals surface area (Å²) in [6, 6.07) is 5.29. The molecule has 0 saturated heterocycles. The van der Waals surface area contributed by atoms with Crippen LogP contribution in [0.4, 0.5) is 0 Å². The largest absolute Gasteiger partial charge is 0.462 e. The number of nitrogens with zero attached hydrogens (tertiary/aromatic N) is 3. The summed E-state index contributed by atoms with van der Waals surface area (Å²) in [7, 11) is 0. The second kappa shape index (κ2) is 5.16. The van der Waals surface area contributed by atoms with Gasteiger partial charge in [-0.1, -0.05) is 0 Å². The fraction of sp³-hybridized carbons (Fsp3) is 0.167. The maximum absolute atomic E-state index is 11.5. The number of rotatable bonds is 3. The second-order valence-electron chi connectivity index (χ2n) is 3.29. The lowest BCUT2D eigenvalue weighted by atomic mass is 10.1. The van der Waals surface area contributed by atoms with Crippen molar-refractivity contribution in [2.45, 2.75) is 6.92 Å². The highest BCUT2D eigenvalue weighted by Gasteiger charge is 2.09. The van der Waals surface area contributed by atoms with E-state index < -0.39 is 5.97 Å². The predicted molar refractivity (Wildman–Crippen MR) is 61.2 cm³/mol. The van der Waals surface area contributed by atoms with E-state index in [4.69, 9.17) is 4.74 Å². The van der Waals surface area contributed by atoms with Gasteiger partial charge in [-0.2, -0.15) is 10.2 Å². The van der Waals surface area contributed by atoms with E-state index in [1.54, 1.807) is 31.5 Å². The first-order chi connectivity index (χ1) is 8.31. The molecule has 2 aromatic rings. The molecular formula is C12H11N3O2. The van der Waals surface area contributed by atoms with Crippen molar-refractivity contribution in [2.24, 2.45) is 0 Å². The van der Waals surface area contributed by atoms with Crippen molar-refractivity contribution in [1.82, 2.24) is 15.2 Å². The maximum Gasteiger partial charge on any atom is 0.339 e. The van der Waals surface area contributed by atoms with Gasteiger partial charge in [-0.25, -0.2) is 4.79 Å². The lowest BCUT2D eigenvalue weighted by molar-refractivity contribution is 0.0525. The molecule has 0 aliphatic rings. The van der Waals surface area contributed by atoms with Gasteiger partial charge in [0.15, 0.2) is 0 Å². The third kappa shape index (κ3) is 2.63. The summed E-state index contributed by atoms with van der Waals surface area (Å²) < 4.78 is 4.90. The lowest BCUT2D eigenvalue weighted by Gasteiger charge is -2.03. The highest BCUT2D eigenvalue weighted by Crippen LogP contribution is 2.15. The Morgan fingerprint density at radius 2 is 2.29 bits per heavy atom. The molecule has 0 aliphatic heterocycles. The van der Waals surface area contributed by atoms with Crippen LogP contribution in [0.25, 0.3) is 11.3 Å². The molecule has 0 bridgehead atoms. The minimum atomic E-state index is -0.396. The Kier molecular flexibility index (Phi) is 3.40. The number of esters is 1. The van der Waals surface area contributed by atoms with E-state index in [1.807, 2.05) is 6.07 Å². The standard InChI is InChI=1S/C12H11N3O2/c1-2-17-12(16)10-6-11(15-14-8-10)9-4-3-5-13-7-9/h3-8H,2H2,1H3. The van der Waals surface area contributed by atoms with Crippen molar-refractivity contribution in [1.29, 1.82) is 0 Å². The van der Waals surface area contributed by atoms with Gasteiger partial charge >= 0.3 is 5.97 Å². The molecule has 5 heteroatoms. The summed E-state index contributed by atoms with van der Waals surface area (Å²) in [5.74, 6) is -0.396. The molecular weight excluding hydrogens is 218 g/mol. The fourth-order valence-corrected chi connectivity index (χ4v) is 1.35. The first-order valence-electron chi connectivity index (χ1n) is 5.21. The van der Waals surface area contributed by atoms with Gasteiger partial charge < -0.3 is 4.74 Å². The van der Waals surface area contributed by atoms with Gasteiger partial charge in [-0.05, 0) is 25.1 Å². The molecule has 0 spiro atoms. The van der Waals surface area contributed by atoms with Gasteiger partial charge in [0, 0.05) is 18.0 Å². The number of carbonyl (C=O) groups is 1. The predicted octanol–water partition coefficient (Wildman–Crippen LogP) is 1.72. The molecule has 0 aliphatic carbocycles. The van der Waals surface area contributed by atoms with Crippen LogP contribution < -0.4 is 0 Å². The van der Waals surface area contributed by atoms with Crippen molar-refractivity contribution >= 4 is 5.97 Å². The van der Waals surface area contributed by atoms with E-state index in [9.17, 15) is 4.79 Å². The van der Waals surface area contributed by atoms with Crippen LogP contribution in [-0.4, -0.2) is 27.8 Å². The van der Waals surface area contributed by atoms with Crippen LogP contribution in [0.3, 0.4) is 0 Å². The van der Waals surface area contributed by atoms with Crippen LogP contribution in [0.2, 0.25) is 0 Å². The van der Waals surface area contributed by atoms with Gasteiger partial charge in [-0.15, -0.1) is 0 Å². The zero-order valence-corrected chi connectivity index (χ0v) is 9.33. The number of ether oxygens (including phenoxy) is 1. The summed E-state index contributed by atoms with van der Waals surface area (Å²) in [6.07, 6.45) is 4.73. The minimum absolute atomic E-state index is 0.337. The Labute approximate surface area is 98.5 Å². The van der Waals surface area contributed by atoms with E-state index in [1.165, 1.54) is 6.20 Å². The molecule has 0 N–H and O–H groups in total.